The van der Waals surface area contributed by atoms with Crippen LogP contribution in [0.2, 0.25) is 0 Å². The summed E-state index contributed by atoms with van der Waals surface area (Å²) in [5, 5.41) is 3.38. The highest BCUT2D eigenvalue weighted by molar-refractivity contribution is 7.99. The number of carbonyl (C=O) groups excluding carboxylic acids is 1. The molecule has 1 saturated carbocycles. The fraction of sp³-hybridized carbons (Fsp3) is 0.588. The van der Waals surface area contributed by atoms with Crippen LogP contribution < -0.4 is 5.32 Å². The van der Waals surface area contributed by atoms with E-state index in [4.69, 9.17) is 4.74 Å². The Labute approximate surface area is 131 Å². The van der Waals surface area contributed by atoms with E-state index in [1.54, 1.807) is 0 Å². The third kappa shape index (κ3) is 4.75. The number of hydrogen-bond acceptors (Lipinski definition) is 4. The van der Waals surface area contributed by atoms with Gasteiger partial charge < -0.3 is 10.1 Å². The first kappa shape index (κ1) is 16.4. The number of rotatable bonds is 8. The zero-order valence-corrected chi connectivity index (χ0v) is 14.0. The molecule has 3 nitrogen and oxygen atoms in total. The van der Waals surface area contributed by atoms with Crippen molar-refractivity contribution in [3.05, 3.63) is 35.4 Å². The molecule has 0 aromatic heterocycles. The fourth-order valence-electron chi connectivity index (χ4n) is 2.47. The predicted octanol–water partition coefficient (Wildman–Crippen LogP) is 3.33. The summed E-state index contributed by atoms with van der Waals surface area (Å²) in [6.07, 6.45) is 2.89. The Bertz CT molecular complexity index is 468. The molecule has 0 bridgehead atoms. The van der Waals surface area contributed by atoms with Crippen LogP contribution >= 0.6 is 11.8 Å². The molecule has 1 aliphatic carbocycles. The van der Waals surface area contributed by atoms with Gasteiger partial charge in [-0.2, -0.15) is 11.8 Å². The lowest BCUT2D eigenvalue weighted by molar-refractivity contribution is -0.141. The van der Waals surface area contributed by atoms with Gasteiger partial charge in [0.05, 0.1) is 13.5 Å². The maximum absolute atomic E-state index is 11.4. The highest BCUT2D eigenvalue weighted by Crippen LogP contribution is 2.51. The predicted molar refractivity (Wildman–Crippen MR) is 88.6 cm³/mol. The van der Waals surface area contributed by atoms with Crippen LogP contribution in [-0.4, -0.2) is 31.6 Å². The molecule has 1 atom stereocenters. The number of carbonyl (C=O) groups is 1. The molecule has 1 aliphatic rings. The maximum Gasteiger partial charge on any atom is 0.306 e. The lowest BCUT2D eigenvalue weighted by atomic mass is 10.1. The van der Waals surface area contributed by atoms with Gasteiger partial charge in [0.2, 0.25) is 0 Å². The molecular weight excluding hydrogens is 282 g/mol. The van der Waals surface area contributed by atoms with E-state index < -0.39 is 0 Å². The van der Waals surface area contributed by atoms with Crippen LogP contribution in [0.4, 0.5) is 0 Å². The third-order valence-electron chi connectivity index (χ3n) is 4.23. The number of benzene rings is 1. The van der Waals surface area contributed by atoms with Gasteiger partial charge >= 0.3 is 5.97 Å². The summed E-state index contributed by atoms with van der Waals surface area (Å²) in [6, 6.07) is 9.06. The molecule has 1 aromatic rings. The van der Waals surface area contributed by atoms with Crippen LogP contribution in [0.3, 0.4) is 0 Å². The highest BCUT2D eigenvalue weighted by atomic mass is 32.2. The van der Waals surface area contributed by atoms with Gasteiger partial charge in [0.25, 0.3) is 0 Å². The van der Waals surface area contributed by atoms with Crippen LogP contribution in [-0.2, 0) is 9.53 Å². The Balaban J connectivity index is 1.81. The molecular formula is C17H25NO2S. The smallest absolute Gasteiger partial charge is 0.306 e. The first-order chi connectivity index (χ1) is 10.1. The molecule has 4 heteroatoms. The van der Waals surface area contributed by atoms with Crippen molar-refractivity contribution in [3.8, 4) is 0 Å². The van der Waals surface area contributed by atoms with Crippen LogP contribution in [0.25, 0.3) is 0 Å². The summed E-state index contributed by atoms with van der Waals surface area (Å²) in [4.78, 5) is 11.4. The lowest BCUT2D eigenvalue weighted by Gasteiger charge is -2.19. The quantitative estimate of drug-likeness (QED) is 0.748. The normalized spacial score (nSPS) is 17.3. The van der Waals surface area contributed by atoms with Gasteiger partial charge in [-0.1, -0.05) is 29.8 Å². The van der Waals surface area contributed by atoms with E-state index in [-0.39, 0.29) is 11.4 Å². The number of thioether (sulfide) groups is 1. The summed E-state index contributed by atoms with van der Waals surface area (Å²) in [6.45, 7) is 2.11. The van der Waals surface area contributed by atoms with Gasteiger partial charge in [0, 0.05) is 11.8 Å². The van der Waals surface area contributed by atoms with Crippen molar-refractivity contribution < 1.29 is 9.53 Å². The Morgan fingerprint density at radius 2 is 2.05 bits per heavy atom. The molecule has 1 aromatic carbocycles. The molecule has 116 valence electrons. The first-order valence-electron chi connectivity index (χ1n) is 7.47. The number of methoxy groups -OCH3 is 1. The Hall–Kier alpha value is -1.00. The van der Waals surface area contributed by atoms with Crippen LogP contribution in [0.1, 0.15) is 36.4 Å². The van der Waals surface area contributed by atoms with E-state index in [1.165, 1.54) is 18.2 Å². The zero-order valence-electron chi connectivity index (χ0n) is 13.1. The Kier molecular flexibility index (Phi) is 5.71. The zero-order chi connectivity index (χ0) is 15.3. The van der Waals surface area contributed by atoms with Gasteiger partial charge in [0.1, 0.15) is 0 Å². The van der Waals surface area contributed by atoms with E-state index >= 15 is 0 Å². The minimum absolute atomic E-state index is 0.0724. The topological polar surface area (TPSA) is 38.3 Å². The van der Waals surface area contributed by atoms with Crippen molar-refractivity contribution in [2.75, 3.05) is 25.7 Å². The van der Waals surface area contributed by atoms with Crippen molar-refractivity contribution in [2.45, 2.75) is 32.2 Å². The molecule has 1 unspecified atom stereocenters. The van der Waals surface area contributed by atoms with Crippen LogP contribution in [0.15, 0.2) is 24.3 Å². The summed E-state index contributed by atoms with van der Waals surface area (Å²) >= 11 is 1.94. The lowest BCUT2D eigenvalue weighted by Crippen LogP contribution is -2.20. The van der Waals surface area contributed by atoms with E-state index in [0.717, 1.165) is 24.3 Å². The molecule has 0 amide bonds. The van der Waals surface area contributed by atoms with Crippen molar-refractivity contribution in [1.29, 1.82) is 0 Å². The SMILES string of the molecule is CNC(CSCC1(CC(=O)OC)CC1)c1ccc(C)cc1. The van der Waals surface area contributed by atoms with Gasteiger partial charge in [-0.15, -0.1) is 0 Å². The molecule has 0 aliphatic heterocycles. The van der Waals surface area contributed by atoms with E-state index in [0.29, 0.717) is 12.5 Å². The Morgan fingerprint density at radius 1 is 1.38 bits per heavy atom. The van der Waals surface area contributed by atoms with Gasteiger partial charge in [-0.05, 0) is 43.5 Å². The second-order valence-corrected chi connectivity index (χ2v) is 7.05. The molecule has 0 heterocycles. The number of aryl methyl sites for hydroxylation is 1. The standard InChI is InChI=1S/C17H25NO2S/c1-13-4-6-14(7-5-13)15(18-2)11-21-12-17(8-9-17)10-16(19)20-3/h4-7,15,18H,8-12H2,1-3H3. The van der Waals surface area contributed by atoms with Crippen LogP contribution in [0, 0.1) is 12.3 Å². The van der Waals surface area contributed by atoms with Crippen molar-refractivity contribution >= 4 is 17.7 Å². The molecule has 0 spiro atoms. The average molecular weight is 307 g/mol. The molecule has 1 fully saturated rings. The fourth-order valence-corrected chi connectivity index (χ4v) is 4.00. The largest absolute Gasteiger partial charge is 0.469 e. The second-order valence-electron chi connectivity index (χ2n) is 6.02. The maximum atomic E-state index is 11.4. The average Bonchev–Trinajstić information content (AvgIpc) is 3.24. The summed E-state index contributed by atoms with van der Waals surface area (Å²) in [5.41, 5.74) is 2.83. The minimum atomic E-state index is -0.0724. The second kappa shape index (κ2) is 7.32. The van der Waals surface area contributed by atoms with Gasteiger partial charge in [0.15, 0.2) is 0 Å². The highest BCUT2D eigenvalue weighted by Gasteiger charge is 2.44. The van der Waals surface area contributed by atoms with Gasteiger partial charge in [-0.3, -0.25) is 4.79 Å². The van der Waals surface area contributed by atoms with E-state index in [2.05, 4.69) is 36.5 Å². The van der Waals surface area contributed by atoms with E-state index in [1.807, 2.05) is 18.8 Å². The Morgan fingerprint density at radius 3 is 2.57 bits per heavy atom. The number of nitrogens with one attached hydrogen (secondary N) is 1. The third-order valence-corrected chi connectivity index (χ3v) is 5.61. The molecule has 0 saturated heterocycles. The van der Waals surface area contributed by atoms with Crippen molar-refractivity contribution in [1.82, 2.24) is 5.32 Å². The number of esters is 1. The first-order valence-corrected chi connectivity index (χ1v) is 8.62. The van der Waals surface area contributed by atoms with Crippen LogP contribution in [0.5, 0.6) is 0 Å². The molecule has 1 N–H and O–H groups in total. The monoisotopic (exact) mass is 307 g/mol. The van der Waals surface area contributed by atoms with Crippen molar-refractivity contribution in [2.24, 2.45) is 5.41 Å². The summed E-state index contributed by atoms with van der Waals surface area (Å²) < 4.78 is 4.79. The van der Waals surface area contributed by atoms with Crippen molar-refractivity contribution in [3.63, 3.8) is 0 Å². The molecule has 0 radical (unpaired) electrons. The minimum Gasteiger partial charge on any atom is -0.469 e. The summed E-state index contributed by atoms with van der Waals surface area (Å²) in [5.74, 6) is 2.01. The van der Waals surface area contributed by atoms with Gasteiger partial charge in [-0.25, -0.2) is 0 Å². The number of ether oxygens (including phenoxy) is 1. The molecule has 2 rings (SSSR count). The molecule has 21 heavy (non-hydrogen) atoms. The number of hydrogen-bond donors (Lipinski definition) is 1. The van der Waals surface area contributed by atoms with E-state index in [9.17, 15) is 4.79 Å². The summed E-state index contributed by atoms with van der Waals surface area (Å²) in [7, 11) is 3.48.